The Labute approximate surface area is 184 Å². The van der Waals surface area contributed by atoms with Crippen LogP contribution in [0.15, 0.2) is 77.7 Å². The summed E-state index contributed by atoms with van der Waals surface area (Å²) >= 11 is 0. The van der Waals surface area contributed by atoms with Gasteiger partial charge in [0, 0.05) is 13.0 Å². The molecule has 0 spiro atoms. The van der Waals surface area contributed by atoms with Gasteiger partial charge in [-0.1, -0.05) is 48.5 Å². The molecule has 0 fully saturated rings. The first-order chi connectivity index (χ1) is 15.0. The molecule has 0 aliphatic carbocycles. The second-order valence-corrected chi connectivity index (χ2v) is 8.75. The number of ether oxygens (including phenoxy) is 2. The first-order valence-corrected chi connectivity index (χ1v) is 11.7. The summed E-state index contributed by atoms with van der Waals surface area (Å²) in [5, 5.41) is 8.51. The van der Waals surface area contributed by atoms with Gasteiger partial charge in [-0.15, -0.1) is 0 Å². The molecule has 164 valence electrons. The zero-order valence-corrected chi connectivity index (χ0v) is 18.4. The summed E-state index contributed by atoms with van der Waals surface area (Å²) in [6, 6.07) is 22.8. The Morgan fingerprint density at radius 2 is 1.52 bits per heavy atom. The molecule has 0 aliphatic heterocycles. The lowest BCUT2D eigenvalue weighted by molar-refractivity contribution is 0.297. The van der Waals surface area contributed by atoms with Crippen molar-refractivity contribution in [1.82, 2.24) is 5.32 Å². The van der Waals surface area contributed by atoms with E-state index in [-0.39, 0.29) is 4.90 Å². The lowest BCUT2D eigenvalue weighted by Gasteiger charge is -2.13. The van der Waals surface area contributed by atoms with Crippen molar-refractivity contribution >= 4 is 10.0 Å². The topological polar surface area (TPSA) is 90.6 Å². The normalized spacial score (nSPS) is 11.3. The molecule has 6 nitrogen and oxygen atoms in total. The zero-order chi connectivity index (χ0) is 22.1. The molecule has 3 aromatic carbocycles. The minimum absolute atomic E-state index is 0.127. The molecule has 0 atom stereocenters. The van der Waals surface area contributed by atoms with E-state index in [0.29, 0.717) is 18.9 Å². The molecule has 0 amide bonds. The number of nitrogens with two attached hydrogens (primary N) is 1. The lowest BCUT2D eigenvalue weighted by Crippen LogP contribution is -2.17. The first-order valence-electron chi connectivity index (χ1n) is 10.1. The van der Waals surface area contributed by atoms with Gasteiger partial charge >= 0.3 is 0 Å². The van der Waals surface area contributed by atoms with Crippen LogP contribution in [0.1, 0.15) is 16.7 Å². The lowest BCUT2D eigenvalue weighted by atomic mass is 10.1. The molecule has 0 aliphatic rings. The van der Waals surface area contributed by atoms with Gasteiger partial charge in [0.05, 0.1) is 18.6 Å². The molecular weight excluding hydrogens is 412 g/mol. The highest BCUT2D eigenvalue weighted by molar-refractivity contribution is 7.89. The number of rotatable bonds is 11. The van der Waals surface area contributed by atoms with Crippen molar-refractivity contribution in [3.8, 4) is 11.5 Å². The molecule has 0 aromatic heterocycles. The third-order valence-corrected chi connectivity index (χ3v) is 5.82. The van der Waals surface area contributed by atoms with E-state index in [1.54, 1.807) is 19.2 Å². The van der Waals surface area contributed by atoms with Gasteiger partial charge in [0.2, 0.25) is 10.0 Å². The fourth-order valence-electron chi connectivity index (χ4n) is 3.18. The third kappa shape index (κ3) is 7.10. The summed E-state index contributed by atoms with van der Waals surface area (Å²) in [6.07, 6.45) is 1.62. The van der Waals surface area contributed by atoms with Crippen molar-refractivity contribution in [2.45, 2.75) is 24.3 Å². The quantitative estimate of drug-likeness (QED) is 0.447. The van der Waals surface area contributed by atoms with Crippen molar-refractivity contribution in [1.29, 1.82) is 0 Å². The smallest absolute Gasteiger partial charge is 0.238 e. The number of hydrogen-bond acceptors (Lipinski definition) is 5. The number of nitrogens with one attached hydrogen (secondary N) is 1. The summed E-state index contributed by atoms with van der Waals surface area (Å²) in [5.41, 5.74) is 3.37. The number of hydrogen-bond donors (Lipinski definition) is 2. The highest BCUT2D eigenvalue weighted by Gasteiger charge is 2.08. The Morgan fingerprint density at radius 3 is 2.19 bits per heavy atom. The van der Waals surface area contributed by atoms with E-state index in [0.717, 1.165) is 36.3 Å². The first kappa shape index (κ1) is 22.8. The minimum Gasteiger partial charge on any atom is -0.493 e. The van der Waals surface area contributed by atoms with E-state index < -0.39 is 10.0 Å². The Bertz CT molecular complexity index is 1070. The number of benzene rings is 3. The van der Waals surface area contributed by atoms with E-state index >= 15 is 0 Å². The Balaban J connectivity index is 1.46. The highest BCUT2D eigenvalue weighted by Crippen LogP contribution is 2.28. The molecular formula is C24H28N2O4S. The maximum atomic E-state index is 11.3. The van der Waals surface area contributed by atoms with Crippen LogP contribution in [-0.2, 0) is 29.4 Å². The van der Waals surface area contributed by atoms with Gasteiger partial charge in [0.1, 0.15) is 0 Å². The molecule has 0 saturated heterocycles. The second kappa shape index (κ2) is 10.9. The predicted octanol–water partition coefficient (Wildman–Crippen LogP) is 3.30. The average molecular weight is 441 g/mol. The van der Waals surface area contributed by atoms with E-state index in [1.165, 1.54) is 17.7 Å². The van der Waals surface area contributed by atoms with Crippen LogP contribution >= 0.6 is 0 Å². The van der Waals surface area contributed by atoms with E-state index in [4.69, 9.17) is 14.6 Å². The molecule has 0 bridgehead atoms. The number of primary sulfonamides is 1. The van der Waals surface area contributed by atoms with Gasteiger partial charge in [-0.3, -0.25) is 0 Å². The minimum atomic E-state index is -3.65. The molecule has 0 saturated carbocycles. The van der Waals surface area contributed by atoms with Crippen LogP contribution in [0.5, 0.6) is 11.5 Å². The molecule has 3 N–H and O–H groups in total. The summed E-state index contributed by atoms with van der Waals surface area (Å²) < 4.78 is 34.0. The van der Waals surface area contributed by atoms with Gasteiger partial charge in [-0.05, 0) is 53.9 Å². The summed E-state index contributed by atoms with van der Waals surface area (Å²) in [6.45, 7) is 2.03. The van der Waals surface area contributed by atoms with Crippen LogP contribution in [0, 0.1) is 0 Å². The molecule has 7 heteroatoms. The average Bonchev–Trinajstić information content (AvgIpc) is 2.78. The predicted molar refractivity (Wildman–Crippen MR) is 122 cm³/mol. The molecule has 0 radical (unpaired) electrons. The Hall–Kier alpha value is -2.87. The van der Waals surface area contributed by atoms with Crippen LogP contribution in [0.4, 0.5) is 0 Å². The monoisotopic (exact) mass is 440 g/mol. The standard InChI is InChI=1S/C24H28N2O4S/c1-29-24-17-21(9-12-23(24)30-16-14-19-5-3-2-4-6-19)18-26-15-13-20-7-10-22(11-8-20)31(25,27)28/h2-12,17,26H,13-16,18H2,1H3,(H2,25,27,28). The van der Waals surface area contributed by atoms with Crippen molar-refractivity contribution in [2.24, 2.45) is 5.14 Å². The molecule has 0 heterocycles. The van der Waals surface area contributed by atoms with Crippen molar-refractivity contribution < 1.29 is 17.9 Å². The zero-order valence-electron chi connectivity index (χ0n) is 17.6. The van der Waals surface area contributed by atoms with Gasteiger partial charge in [-0.2, -0.15) is 0 Å². The molecule has 0 unspecified atom stereocenters. The van der Waals surface area contributed by atoms with Crippen LogP contribution in [0.25, 0.3) is 0 Å². The SMILES string of the molecule is COc1cc(CNCCc2ccc(S(N)(=O)=O)cc2)ccc1OCCc1ccccc1. The molecule has 3 aromatic rings. The number of methoxy groups -OCH3 is 1. The third-order valence-electron chi connectivity index (χ3n) is 4.89. The van der Waals surface area contributed by atoms with E-state index in [9.17, 15) is 8.42 Å². The van der Waals surface area contributed by atoms with Crippen LogP contribution in [0.3, 0.4) is 0 Å². The summed E-state index contributed by atoms with van der Waals surface area (Å²) in [7, 11) is -2.01. The van der Waals surface area contributed by atoms with Crippen molar-refractivity contribution in [2.75, 3.05) is 20.3 Å². The second-order valence-electron chi connectivity index (χ2n) is 7.19. The maximum absolute atomic E-state index is 11.3. The molecule has 3 rings (SSSR count). The van der Waals surface area contributed by atoms with Crippen molar-refractivity contribution in [3.63, 3.8) is 0 Å². The van der Waals surface area contributed by atoms with Crippen LogP contribution in [0.2, 0.25) is 0 Å². The van der Waals surface area contributed by atoms with Gasteiger partial charge in [-0.25, -0.2) is 13.6 Å². The van der Waals surface area contributed by atoms with Gasteiger partial charge in [0.15, 0.2) is 11.5 Å². The number of sulfonamides is 1. The highest BCUT2D eigenvalue weighted by atomic mass is 32.2. The summed E-state index contributed by atoms with van der Waals surface area (Å²) in [5.74, 6) is 1.45. The fourth-order valence-corrected chi connectivity index (χ4v) is 3.69. The maximum Gasteiger partial charge on any atom is 0.238 e. The van der Waals surface area contributed by atoms with Crippen LogP contribution < -0.4 is 19.9 Å². The largest absolute Gasteiger partial charge is 0.493 e. The fraction of sp³-hybridized carbons (Fsp3) is 0.250. The van der Waals surface area contributed by atoms with E-state index in [2.05, 4.69) is 17.4 Å². The Kier molecular flexibility index (Phi) is 8.06. The molecule has 31 heavy (non-hydrogen) atoms. The van der Waals surface area contributed by atoms with Crippen molar-refractivity contribution in [3.05, 3.63) is 89.5 Å². The van der Waals surface area contributed by atoms with Gasteiger partial charge in [0.25, 0.3) is 0 Å². The summed E-state index contributed by atoms with van der Waals surface area (Å²) in [4.78, 5) is 0.127. The van der Waals surface area contributed by atoms with Crippen LogP contribution in [-0.4, -0.2) is 28.7 Å². The Morgan fingerprint density at radius 1 is 0.839 bits per heavy atom. The van der Waals surface area contributed by atoms with Gasteiger partial charge < -0.3 is 14.8 Å². The van der Waals surface area contributed by atoms with E-state index in [1.807, 2.05) is 36.4 Å².